The fraction of sp³-hybridized carbons (Fsp3) is 0.333. The second kappa shape index (κ2) is 6.19. The summed E-state index contributed by atoms with van der Waals surface area (Å²) < 4.78 is 14.2. The molecule has 1 N–H and O–H groups in total. The summed E-state index contributed by atoms with van der Waals surface area (Å²) in [6, 6.07) is 12.3. The minimum atomic E-state index is -0.140. The molecule has 1 nitrogen and oxygen atoms in total. The second-order valence-electron chi connectivity index (χ2n) is 5.53. The lowest BCUT2D eigenvalue weighted by atomic mass is 9.96. The zero-order chi connectivity index (χ0) is 14.7. The number of rotatable bonds is 4. The van der Waals surface area contributed by atoms with Crippen molar-refractivity contribution in [3.05, 3.63) is 58.9 Å². The minimum absolute atomic E-state index is 0.140. The van der Waals surface area contributed by atoms with Crippen LogP contribution in [0.15, 0.2) is 36.4 Å². The molecule has 106 valence electrons. The summed E-state index contributed by atoms with van der Waals surface area (Å²) >= 11 is 0. The van der Waals surface area contributed by atoms with Gasteiger partial charge in [-0.2, -0.15) is 0 Å². The lowest BCUT2D eigenvalue weighted by molar-refractivity contribution is 0.608. The molecule has 0 heterocycles. The molecule has 0 radical (unpaired) electrons. The zero-order valence-corrected chi connectivity index (χ0v) is 12.6. The third-order valence-electron chi connectivity index (χ3n) is 3.71. The summed E-state index contributed by atoms with van der Waals surface area (Å²) in [5.74, 6) is -0.140. The summed E-state index contributed by atoms with van der Waals surface area (Å²) in [5.41, 5.74) is 4.87. The van der Waals surface area contributed by atoms with E-state index in [2.05, 4.69) is 24.4 Å². The van der Waals surface area contributed by atoms with E-state index in [1.165, 1.54) is 5.56 Å². The fourth-order valence-corrected chi connectivity index (χ4v) is 2.54. The van der Waals surface area contributed by atoms with Gasteiger partial charge in [-0.15, -0.1) is 0 Å². The molecule has 0 bridgehead atoms. The van der Waals surface area contributed by atoms with Gasteiger partial charge in [0.15, 0.2) is 0 Å². The highest BCUT2D eigenvalue weighted by Gasteiger charge is 2.09. The van der Waals surface area contributed by atoms with Gasteiger partial charge in [0.25, 0.3) is 0 Å². The molecule has 0 aliphatic heterocycles. The molecular formula is C18H22FN. The average Bonchev–Trinajstić information content (AvgIpc) is 2.39. The Kier molecular flexibility index (Phi) is 4.56. The van der Waals surface area contributed by atoms with Crippen LogP contribution in [0, 0.1) is 19.7 Å². The molecule has 0 spiro atoms. The van der Waals surface area contributed by atoms with E-state index >= 15 is 0 Å². The van der Waals surface area contributed by atoms with Crippen molar-refractivity contribution in [2.45, 2.75) is 33.2 Å². The maximum Gasteiger partial charge on any atom is 0.131 e. The highest BCUT2D eigenvalue weighted by atomic mass is 19.1. The first kappa shape index (κ1) is 14.7. The molecule has 0 saturated carbocycles. The van der Waals surface area contributed by atoms with Crippen molar-refractivity contribution in [3.8, 4) is 11.1 Å². The van der Waals surface area contributed by atoms with Crippen LogP contribution in [0.2, 0.25) is 0 Å². The third kappa shape index (κ3) is 3.26. The first-order chi connectivity index (χ1) is 9.51. The van der Waals surface area contributed by atoms with Crippen LogP contribution in [-0.2, 0) is 6.42 Å². The van der Waals surface area contributed by atoms with Gasteiger partial charge < -0.3 is 5.32 Å². The summed E-state index contributed by atoms with van der Waals surface area (Å²) in [5, 5.41) is 3.22. The van der Waals surface area contributed by atoms with Gasteiger partial charge in [0, 0.05) is 11.6 Å². The van der Waals surface area contributed by atoms with E-state index in [0.29, 0.717) is 11.6 Å². The van der Waals surface area contributed by atoms with Crippen LogP contribution in [-0.4, -0.2) is 13.1 Å². The normalized spacial score (nSPS) is 12.4. The van der Waals surface area contributed by atoms with Gasteiger partial charge in [-0.1, -0.05) is 30.3 Å². The monoisotopic (exact) mass is 271 g/mol. The number of benzene rings is 2. The first-order valence-corrected chi connectivity index (χ1v) is 7.04. The molecule has 0 saturated heterocycles. The average molecular weight is 271 g/mol. The Balaban J connectivity index is 2.31. The smallest absolute Gasteiger partial charge is 0.131 e. The molecule has 2 aromatic carbocycles. The molecule has 0 aliphatic carbocycles. The van der Waals surface area contributed by atoms with Crippen molar-refractivity contribution < 1.29 is 4.39 Å². The maximum atomic E-state index is 14.2. The summed E-state index contributed by atoms with van der Waals surface area (Å²) in [7, 11) is 1.96. The van der Waals surface area contributed by atoms with E-state index in [1.807, 2.05) is 39.1 Å². The van der Waals surface area contributed by atoms with Gasteiger partial charge in [0.1, 0.15) is 5.82 Å². The Bertz CT molecular complexity index is 564. The SMILES string of the molecule is CNC(C)Cc1ccc(-c2c(C)cc(C)cc2F)cc1. The number of likely N-dealkylation sites (N-methyl/N-ethyl adjacent to an activating group) is 1. The third-order valence-corrected chi connectivity index (χ3v) is 3.71. The van der Waals surface area contributed by atoms with Crippen molar-refractivity contribution in [1.29, 1.82) is 0 Å². The molecule has 0 aliphatic rings. The number of aryl methyl sites for hydroxylation is 2. The summed E-state index contributed by atoms with van der Waals surface area (Å²) in [4.78, 5) is 0. The van der Waals surface area contributed by atoms with Crippen LogP contribution >= 0.6 is 0 Å². The number of halogens is 1. The molecule has 2 aromatic rings. The molecule has 1 atom stereocenters. The van der Waals surface area contributed by atoms with Crippen LogP contribution in [0.25, 0.3) is 11.1 Å². The largest absolute Gasteiger partial charge is 0.317 e. The Morgan fingerprint density at radius 1 is 1.10 bits per heavy atom. The van der Waals surface area contributed by atoms with Crippen LogP contribution < -0.4 is 5.32 Å². The van der Waals surface area contributed by atoms with E-state index in [9.17, 15) is 4.39 Å². The Labute approximate surface area is 120 Å². The second-order valence-corrected chi connectivity index (χ2v) is 5.53. The van der Waals surface area contributed by atoms with E-state index in [0.717, 1.165) is 23.1 Å². The standard InChI is InChI=1S/C18H22FN/c1-12-9-13(2)18(17(19)10-12)16-7-5-15(6-8-16)11-14(3)20-4/h5-10,14,20H,11H2,1-4H3. The highest BCUT2D eigenvalue weighted by Crippen LogP contribution is 2.28. The van der Waals surface area contributed by atoms with Gasteiger partial charge in [-0.3, -0.25) is 0 Å². The number of hydrogen-bond donors (Lipinski definition) is 1. The van der Waals surface area contributed by atoms with E-state index in [4.69, 9.17) is 0 Å². The fourth-order valence-electron chi connectivity index (χ4n) is 2.54. The molecule has 0 amide bonds. The highest BCUT2D eigenvalue weighted by molar-refractivity contribution is 5.68. The van der Waals surface area contributed by atoms with Crippen molar-refractivity contribution in [2.75, 3.05) is 7.05 Å². The lowest BCUT2D eigenvalue weighted by Crippen LogP contribution is -2.23. The molecule has 2 heteroatoms. The number of hydrogen-bond acceptors (Lipinski definition) is 1. The van der Waals surface area contributed by atoms with Gasteiger partial charge in [-0.25, -0.2) is 4.39 Å². The Morgan fingerprint density at radius 3 is 2.30 bits per heavy atom. The van der Waals surface area contributed by atoms with Crippen molar-refractivity contribution >= 4 is 0 Å². The summed E-state index contributed by atoms with van der Waals surface area (Å²) in [6.07, 6.45) is 0.978. The van der Waals surface area contributed by atoms with Gasteiger partial charge >= 0.3 is 0 Å². The van der Waals surface area contributed by atoms with E-state index in [-0.39, 0.29) is 5.82 Å². The first-order valence-electron chi connectivity index (χ1n) is 7.04. The molecule has 2 rings (SSSR count). The van der Waals surface area contributed by atoms with Crippen molar-refractivity contribution in [3.63, 3.8) is 0 Å². The molecule has 20 heavy (non-hydrogen) atoms. The minimum Gasteiger partial charge on any atom is -0.317 e. The molecular weight excluding hydrogens is 249 g/mol. The maximum absolute atomic E-state index is 14.2. The Morgan fingerprint density at radius 2 is 1.75 bits per heavy atom. The zero-order valence-electron chi connectivity index (χ0n) is 12.6. The molecule has 0 fully saturated rings. The van der Waals surface area contributed by atoms with Crippen molar-refractivity contribution in [2.24, 2.45) is 0 Å². The predicted molar refractivity (Wildman–Crippen MR) is 83.5 cm³/mol. The van der Waals surface area contributed by atoms with Gasteiger partial charge in [0.2, 0.25) is 0 Å². The van der Waals surface area contributed by atoms with Crippen LogP contribution in [0.1, 0.15) is 23.6 Å². The number of nitrogens with one attached hydrogen (secondary N) is 1. The Hall–Kier alpha value is -1.67. The van der Waals surface area contributed by atoms with Crippen molar-refractivity contribution in [1.82, 2.24) is 5.32 Å². The topological polar surface area (TPSA) is 12.0 Å². The lowest BCUT2D eigenvalue weighted by Gasteiger charge is -2.12. The van der Waals surface area contributed by atoms with Gasteiger partial charge in [-0.05, 0) is 62.6 Å². The van der Waals surface area contributed by atoms with Crippen LogP contribution in [0.3, 0.4) is 0 Å². The van der Waals surface area contributed by atoms with Crippen LogP contribution in [0.4, 0.5) is 4.39 Å². The summed E-state index contributed by atoms with van der Waals surface area (Å²) in [6.45, 7) is 6.03. The van der Waals surface area contributed by atoms with Crippen LogP contribution in [0.5, 0.6) is 0 Å². The van der Waals surface area contributed by atoms with E-state index < -0.39 is 0 Å². The van der Waals surface area contributed by atoms with Gasteiger partial charge in [0.05, 0.1) is 0 Å². The molecule has 1 unspecified atom stereocenters. The predicted octanol–water partition coefficient (Wildman–Crippen LogP) is 4.26. The van der Waals surface area contributed by atoms with E-state index in [1.54, 1.807) is 6.07 Å². The molecule has 0 aromatic heterocycles. The quantitative estimate of drug-likeness (QED) is 0.876.